The molecule has 1 aromatic carbocycles. The van der Waals surface area contributed by atoms with E-state index in [0.717, 1.165) is 22.8 Å². The highest BCUT2D eigenvalue weighted by Gasteiger charge is 2.15. The summed E-state index contributed by atoms with van der Waals surface area (Å²) in [6, 6.07) is 10.0. The number of thioether (sulfide) groups is 2. The third kappa shape index (κ3) is 5.64. The number of carbonyl (C=O) groups excluding carboxylic acids is 1. The molecule has 0 spiro atoms. The molecule has 152 valence electrons. The average Bonchev–Trinajstić information content (AvgIpc) is 3.04. The van der Waals surface area contributed by atoms with Gasteiger partial charge in [-0.3, -0.25) is 4.79 Å². The van der Waals surface area contributed by atoms with Crippen LogP contribution in [0.3, 0.4) is 0 Å². The molecule has 0 aliphatic carbocycles. The number of pyridine rings is 1. The van der Waals surface area contributed by atoms with Crippen LogP contribution in [0.4, 0.5) is 0 Å². The quantitative estimate of drug-likeness (QED) is 0.398. The first-order valence-electron chi connectivity index (χ1n) is 9.43. The van der Waals surface area contributed by atoms with Crippen molar-refractivity contribution in [3.63, 3.8) is 0 Å². The number of amides is 1. The third-order valence-corrected chi connectivity index (χ3v) is 6.71. The topological polar surface area (TPSA) is 68.0 Å². The van der Waals surface area contributed by atoms with Crippen molar-refractivity contribution in [1.82, 2.24) is 15.5 Å². The number of benzene rings is 1. The molecule has 29 heavy (non-hydrogen) atoms. The van der Waals surface area contributed by atoms with Gasteiger partial charge < -0.3 is 9.84 Å². The molecule has 3 rings (SSSR count). The molecule has 0 bridgehead atoms. The molecule has 1 N–H and O–H groups in total. The fourth-order valence-corrected chi connectivity index (χ4v) is 4.77. The van der Waals surface area contributed by atoms with E-state index < -0.39 is 0 Å². The van der Waals surface area contributed by atoms with E-state index in [2.05, 4.69) is 47.5 Å². The van der Waals surface area contributed by atoms with Crippen LogP contribution in [0.5, 0.6) is 0 Å². The Morgan fingerprint density at radius 2 is 1.93 bits per heavy atom. The number of nitrogens with zero attached hydrogens (tertiary/aromatic N) is 2. The molecule has 1 amide bonds. The predicted octanol–water partition coefficient (Wildman–Crippen LogP) is 5.12. The number of hydrogen-bond donors (Lipinski definition) is 1. The molecule has 0 fully saturated rings. The summed E-state index contributed by atoms with van der Waals surface area (Å²) < 4.78 is 5.21. The van der Waals surface area contributed by atoms with Crippen LogP contribution in [0.25, 0.3) is 0 Å². The van der Waals surface area contributed by atoms with Crippen molar-refractivity contribution in [2.24, 2.45) is 0 Å². The second-order valence-electron chi connectivity index (χ2n) is 6.80. The van der Waals surface area contributed by atoms with Gasteiger partial charge in [0.2, 0.25) is 0 Å². The van der Waals surface area contributed by atoms with E-state index in [1.807, 2.05) is 19.9 Å². The summed E-state index contributed by atoms with van der Waals surface area (Å²) in [4.78, 5) is 18.3. The lowest BCUT2D eigenvalue weighted by atomic mass is 10.1. The fourth-order valence-electron chi connectivity index (χ4n) is 2.76. The highest BCUT2D eigenvalue weighted by Crippen LogP contribution is 2.27. The predicted molar refractivity (Wildman–Crippen MR) is 119 cm³/mol. The number of nitrogens with one attached hydrogen (secondary N) is 1. The van der Waals surface area contributed by atoms with E-state index in [1.165, 1.54) is 27.8 Å². The summed E-state index contributed by atoms with van der Waals surface area (Å²) in [7, 11) is 0. The van der Waals surface area contributed by atoms with Crippen molar-refractivity contribution in [2.45, 2.75) is 43.4 Å². The Labute approximate surface area is 180 Å². The van der Waals surface area contributed by atoms with Gasteiger partial charge in [-0.25, -0.2) is 4.98 Å². The van der Waals surface area contributed by atoms with Gasteiger partial charge in [-0.2, -0.15) is 0 Å². The zero-order valence-electron chi connectivity index (χ0n) is 17.1. The Morgan fingerprint density at radius 3 is 2.66 bits per heavy atom. The zero-order chi connectivity index (χ0) is 20.8. The van der Waals surface area contributed by atoms with Crippen molar-refractivity contribution in [2.75, 3.05) is 12.3 Å². The molecule has 0 saturated carbocycles. The molecule has 2 aromatic heterocycles. The SMILES string of the molecule is Cc1ccc(SCCNC(=O)c2cccnc2SCc2c(C)noc2C)cc1C. The second-order valence-corrected chi connectivity index (χ2v) is 8.93. The van der Waals surface area contributed by atoms with Gasteiger partial charge in [0.05, 0.1) is 11.3 Å². The van der Waals surface area contributed by atoms with Gasteiger partial charge in [-0.1, -0.05) is 11.2 Å². The van der Waals surface area contributed by atoms with E-state index >= 15 is 0 Å². The number of aromatic nitrogens is 2. The van der Waals surface area contributed by atoms with Gasteiger partial charge in [0, 0.05) is 34.7 Å². The highest BCUT2D eigenvalue weighted by atomic mass is 32.2. The first-order valence-corrected chi connectivity index (χ1v) is 11.4. The minimum absolute atomic E-state index is 0.0972. The van der Waals surface area contributed by atoms with Crippen molar-refractivity contribution in [3.05, 3.63) is 70.2 Å². The van der Waals surface area contributed by atoms with Crippen LogP contribution in [-0.4, -0.2) is 28.3 Å². The van der Waals surface area contributed by atoms with Gasteiger partial charge in [-0.05, 0) is 63.1 Å². The Bertz CT molecular complexity index is 982. The Morgan fingerprint density at radius 1 is 1.10 bits per heavy atom. The zero-order valence-corrected chi connectivity index (χ0v) is 18.7. The van der Waals surface area contributed by atoms with Gasteiger partial charge in [0.1, 0.15) is 10.8 Å². The largest absolute Gasteiger partial charge is 0.361 e. The summed E-state index contributed by atoms with van der Waals surface area (Å²) in [5.41, 5.74) is 5.10. The molecule has 7 heteroatoms. The minimum atomic E-state index is -0.0972. The van der Waals surface area contributed by atoms with Gasteiger partial charge >= 0.3 is 0 Å². The smallest absolute Gasteiger partial charge is 0.254 e. The molecule has 0 saturated heterocycles. The van der Waals surface area contributed by atoms with Crippen LogP contribution in [0.2, 0.25) is 0 Å². The normalized spacial score (nSPS) is 10.9. The molecule has 0 atom stereocenters. The summed E-state index contributed by atoms with van der Waals surface area (Å²) in [6.07, 6.45) is 1.71. The van der Waals surface area contributed by atoms with E-state index in [1.54, 1.807) is 24.0 Å². The summed E-state index contributed by atoms with van der Waals surface area (Å²) in [6.45, 7) is 8.64. The first-order chi connectivity index (χ1) is 14.0. The number of hydrogen-bond acceptors (Lipinski definition) is 6. The van der Waals surface area contributed by atoms with Crippen molar-refractivity contribution >= 4 is 29.4 Å². The minimum Gasteiger partial charge on any atom is -0.361 e. The standard InChI is InChI=1S/C22H25N3O2S2/c1-14-7-8-18(12-15(14)2)28-11-10-23-21(26)19-6-5-9-24-22(19)29-13-20-16(3)25-27-17(20)4/h5-9,12H,10-11,13H2,1-4H3,(H,23,26). The third-order valence-electron chi connectivity index (χ3n) is 4.68. The fraction of sp³-hybridized carbons (Fsp3) is 0.318. The monoisotopic (exact) mass is 427 g/mol. The summed E-state index contributed by atoms with van der Waals surface area (Å²) >= 11 is 3.27. The molecule has 0 radical (unpaired) electrons. The average molecular weight is 428 g/mol. The van der Waals surface area contributed by atoms with Crippen LogP contribution < -0.4 is 5.32 Å². The maximum atomic E-state index is 12.7. The summed E-state index contributed by atoms with van der Waals surface area (Å²) in [5.74, 6) is 2.19. The number of rotatable bonds is 8. The van der Waals surface area contributed by atoms with E-state index in [4.69, 9.17) is 4.52 Å². The van der Waals surface area contributed by atoms with Crippen LogP contribution in [-0.2, 0) is 5.75 Å². The van der Waals surface area contributed by atoms with Crippen LogP contribution in [0, 0.1) is 27.7 Å². The van der Waals surface area contributed by atoms with Crippen LogP contribution >= 0.6 is 23.5 Å². The van der Waals surface area contributed by atoms with Gasteiger partial charge in [0.25, 0.3) is 5.91 Å². The second kappa shape index (κ2) is 9.98. The van der Waals surface area contributed by atoms with Crippen molar-refractivity contribution in [1.29, 1.82) is 0 Å². The van der Waals surface area contributed by atoms with Crippen molar-refractivity contribution in [3.8, 4) is 0 Å². The lowest BCUT2D eigenvalue weighted by molar-refractivity contribution is 0.0952. The molecule has 0 aliphatic rings. The maximum Gasteiger partial charge on any atom is 0.254 e. The highest BCUT2D eigenvalue weighted by molar-refractivity contribution is 7.99. The van der Waals surface area contributed by atoms with E-state index in [-0.39, 0.29) is 5.91 Å². The van der Waals surface area contributed by atoms with Gasteiger partial charge in [-0.15, -0.1) is 23.5 Å². The molecular weight excluding hydrogens is 402 g/mol. The van der Waals surface area contributed by atoms with E-state index in [0.29, 0.717) is 22.9 Å². The van der Waals surface area contributed by atoms with Crippen LogP contribution in [0.1, 0.15) is 38.5 Å². The van der Waals surface area contributed by atoms with Gasteiger partial charge in [0.15, 0.2) is 0 Å². The Hall–Kier alpha value is -2.25. The lowest BCUT2D eigenvalue weighted by Crippen LogP contribution is -2.26. The summed E-state index contributed by atoms with van der Waals surface area (Å²) in [5, 5.41) is 7.70. The molecule has 0 unspecified atom stereocenters. The molecule has 2 heterocycles. The lowest BCUT2D eigenvalue weighted by Gasteiger charge is -2.09. The molecule has 5 nitrogen and oxygen atoms in total. The van der Waals surface area contributed by atoms with Crippen molar-refractivity contribution < 1.29 is 9.32 Å². The number of aryl methyl sites for hydroxylation is 4. The molecule has 0 aliphatic heterocycles. The number of carbonyl (C=O) groups is 1. The Balaban J connectivity index is 1.54. The van der Waals surface area contributed by atoms with Crippen LogP contribution in [0.15, 0.2) is 51.0 Å². The van der Waals surface area contributed by atoms with E-state index in [9.17, 15) is 4.79 Å². The molecule has 3 aromatic rings. The Kier molecular flexibility index (Phi) is 7.39. The molecular formula is C22H25N3O2S2. The first kappa shape index (κ1) is 21.5. The maximum absolute atomic E-state index is 12.7.